The number of unbranched alkanes of at least 4 members (excludes halogenated alkanes) is 1. The highest BCUT2D eigenvalue weighted by atomic mass is 32.1. The molecule has 0 saturated heterocycles. The zero-order chi connectivity index (χ0) is 13.8. The molecule has 20 heavy (non-hydrogen) atoms. The number of rotatable bonds is 8. The van der Waals surface area contributed by atoms with Crippen molar-refractivity contribution in [3.63, 3.8) is 0 Å². The summed E-state index contributed by atoms with van der Waals surface area (Å²) in [5.41, 5.74) is 1.24. The van der Waals surface area contributed by atoms with Crippen LogP contribution >= 0.6 is 22.7 Å². The quantitative estimate of drug-likeness (QED) is 0.757. The van der Waals surface area contributed by atoms with Gasteiger partial charge in [-0.2, -0.15) is 11.3 Å². The third kappa shape index (κ3) is 3.67. The van der Waals surface area contributed by atoms with E-state index in [1.54, 1.807) is 11.3 Å². The SMILES string of the molecule is OCCCCN(Cc1cnc(-c2ccsc2)s1)C1CC1. The number of aliphatic hydroxyl groups excluding tert-OH is 1. The van der Waals surface area contributed by atoms with Gasteiger partial charge in [0.1, 0.15) is 5.01 Å². The van der Waals surface area contributed by atoms with Crippen LogP contribution in [-0.4, -0.2) is 34.2 Å². The highest BCUT2D eigenvalue weighted by Gasteiger charge is 2.28. The van der Waals surface area contributed by atoms with E-state index in [9.17, 15) is 0 Å². The van der Waals surface area contributed by atoms with Crippen LogP contribution in [0.2, 0.25) is 0 Å². The smallest absolute Gasteiger partial charge is 0.124 e. The molecule has 0 spiro atoms. The molecule has 0 bridgehead atoms. The van der Waals surface area contributed by atoms with E-state index in [4.69, 9.17) is 5.11 Å². The minimum atomic E-state index is 0.307. The number of aromatic nitrogens is 1. The zero-order valence-electron chi connectivity index (χ0n) is 11.5. The van der Waals surface area contributed by atoms with Crippen LogP contribution in [0.25, 0.3) is 10.6 Å². The van der Waals surface area contributed by atoms with Gasteiger partial charge in [-0.15, -0.1) is 11.3 Å². The molecule has 1 aliphatic rings. The summed E-state index contributed by atoms with van der Waals surface area (Å²) in [5.74, 6) is 0. The van der Waals surface area contributed by atoms with Gasteiger partial charge in [0.2, 0.25) is 0 Å². The van der Waals surface area contributed by atoms with E-state index in [1.807, 2.05) is 17.5 Å². The molecule has 5 heteroatoms. The molecule has 0 atom stereocenters. The fourth-order valence-corrected chi connectivity index (χ4v) is 4.01. The fourth-order valence-electron chi connectivity index (χ4n) is 2.36. The van der Waals surface area contributed by atoms with Crippen LogP contribution in [0, 0.1) is 0 Å². The molecule has 3 rings (SSSR count). The third-order valence-electron chi connectivity index (χ3n) is 3.60. The Kier molecular flexibility index (Phi) is 4.83. The van der Waals surface area contributed by atoms with Gasteiger partial charge in [-0.1, -0.05) is 0 Å². The molecule has 1 fully saturated rings. The van der Waals surface area contributed by atoms with E-state index < -0.39 is 0 Å². The van der Waals surface area contributed by atoms with Crippen molar-refractivity contribution in [2.24, 2.45) is 0 Å². The van der Waals surface area contributed by atoms with E-state index >= 15 is 0 Å². The maximum atomic E-state index is 8.91. The van der Waals surface area contributed by atoms with Gasteiger partial charge in [0, 0.05) is 41.2 Å². The number of hydrogen-bond donors (Lipinski definition) is 1. The summed E-state index contributed by atoms with van der Waals surface area (Å²) in [4.78, 5) is 8.45. The molecule has 3 nitrogen and oxygen atoms in total. The number of hydrogen-bond acceptors (Lipinski definition) is 5. The lowest BCUT2D eigenvalue weighted by atomic mass is 10.3. The van der Waals surface area contributed by atoms with Gasteiger partial charge in [-0.25, -0.2) is 4.98 Å². The van der Waals surface area contributed by atoms with Crippen molar-refractivity contribution < 1.29 is 5.11 Å². The summed E-state index contributed by atoms with van der Waals surface area (Å²) in [6.07, 6.45) is 6.68. The fraction of sp³-hybridized carbons (Fsp3) is 0.533. The third-order valence-corrected chi connectivity index (χ3v) is 5.31. The lowest BCUT2D eigenvalue weighted by molar-refractivity contribution is 0.230. The Morgan fingerprint density at radius 3 is 2.95 bits per heavy atom. The highest BCUT2D eigenvalue weighted by Crippen LogP contribution is 2.32. The summed E-state index contributed by atoms with van der Waals surface area (Å²) in [6.45, 7) is 2.41. The molecule has 0 amide bonds. The van der Waals surface area contributed by atoms with Crippen LogP contribution in [0.15, 0.2) is 23.0 Å². The molecule has 2 heterocycles. The average Bonchev–Trinajstić information content (AvgIpc) is 2.97. The lowest BCUT2D eigenvalue weighted by Crippen LogP contribution is -2.26. The number of nitrogens with zero attached hydrogens (tertiary/aromatic N) is 2. The summed E-state index contributed by atoms with van der Waals surface area (Å²) in [5, 5.41) is 14.3. The van der Waals surface area contributed by atoms with Crippen molar-refractivity contribution in [3.05, 3.63) is 27.9 Å². The normalized spacial score (nSPS) is 15.1. The van der Waals surface area contributed by atoms with Crippen molar-refractivity contribution in [1.29, 1.82) is 0 Å². The molecule has 1 N–H and O–H groups in total. The Labute approximate surface area is 127 Å². The van der Waals surface area contributed by atoms with E-state index in [2.05, 4.69) is 26.7 Å². The van der Waals surface area contributed by atoms with Crippen molar-refractivity contribution in [1.82, 2.24) is 9.88 Å². The van der Waals surface area contributed by atoms with Gasteiger partial charge >= 0.3 is 0 Å². The summed E-state index contributed by atoms with van der Waals surface area (Å²) in [6, 6.07) is 2.90. The Balaban J connectivity index is 1.60. The molecule has 1 aliphatic carbocycles. The summed E-state index contributed by atoms with van der Waals surface area (Å²) in [7, 11) is 0. The second-order valence-corrected chi connectivity index (χ2v) is 7.17. The van der Waals surface area contributed by atoms with Crippen molar-refractivity contribution in [3.8, 4) is 10.6 Å². The molecule has 0 radical (unpaired) electrons. The molecule has 1 saturated carbocycles. The Bertz CT molecular complexity index is 520. The number of thiophene rings is 1. The van der Waals surface area contributed by atoms with E-state index in [1.165, 1.54) is 23.3 Å². The van der Waals surface area contributed by atoms with Gasteiger partial charge in [-0.05, 0) is 43.7 Å². The first kappa shape index (κ1) is 14.2. The average molecular weight is 308 g/mol. The van der Waals surface area contributed by atoms with E-state index in [0.717, 1.165) is 37.0 Å². The van der Waals surface area contributed by atoms with Gasteiger partial charge in [-0.3, -0.25) is 4.90 Å². The summed E-state index contributed by atoms with van der Waals surface area (Å²) < 4.78 is 0. The topological polar surface area (TPSA) is 36.4 Å². The predicted octanol–water partition coefficient (Wildman–Crippen LogP) is 3.61. The van der Waals surface area contributed by atoms with Gasteiger partial charge < -0.3 is 5.11 Å². The Hall–Kier alpha value is -0.750. The van der Waals surface area contributed by atoms with Crippen molar-refractivity contribution >= 4 is 22.7 Å². The predicted molar refractivity (Wildman–Crippen MR) is 85.2 cm³/mol. The summed E-state index contributed by atoms with van der Waals surface area (Å²) >= 11 is 3.53. The second-order valence-electron chi connectivity index (χ2n) is 5.28. The minimum Gasteiger partial charge on any atom is -0.396 e. The van der Waals surface area contributed by atoms with Gasteiger partial charge in [0.25, 0.3) is 0 Å². The van der Waals surface area contributed by atoms with Crippen LogP contribution in [0.4, 0.5) is 0 Å². The molecular weight excluding hydrogens is 288 g/mol. The van der Waals surface area contributed by atoms with E-state index in [0.29, 0.717) is 6.61 Å². The van der Waals surface area contributed by atoms with Crippen LogP contribution in [0.5, 0.6) is 0 Å². The molecule has 2 aromatic heterocycles. The molecule has 2 aromatic rings. The Morgan fingerprint density at radius 1 is 1.35 bits per heavy atom. The van der Waals surface area contributed by atoms with Crippen molar-refractivity contribution in [2.45, 2.75) is 38.3 Å². The van der Waals surface area contributed by atoms with Crippen LogP contribution in [-0.2, 0) is 6.54 Å². The van der Waals surface area contributed by atoms with Crippen LogP contribution in [0.1, 0.15) is 30.6 Å². The minimum absolute atomic E-state index is 0.307. The largest absolute Gasteiger partial charge is 0.396 e. The second kappa shape index (κ2) is 6.80. The monoisotopic (exact) mass is 308 g/mol. The molecule has 0 aliphatic heterocycles. The molecule has 0 aromatic carbocycles. The number of aliphatic hydroxyl groups is 1. The first-order valence-corrected chi connectivity index (χ1v) is 8.95. The van der Waals surface area contributed by atoms with Crippen LogP contribution in [0.3, 0.4) is 0 Å². The van der Waals surface area contributed by atoms with Crippen LogP contribution < -0.4 is 0 Å². The maximum absolute atomic E-state index is 8.91. The van der Waals surface area contributed by atoms with Gasteiger partial charge in [0.05, 0.1) is 0 Å². The molecule has 0 unspecified atom stereocenters. The molecule has 108 valence electrons. The van der Waals surface area contributed by atoms with E-state index in [-0.39, 0.29) is 0 Å². The van der Waals surface area contributed by atoms with Gasteiger partial charge in [0.15, 0.2) is 0 Å². The molecular formula is C15H20N2OS2. The zero-order valence-corrected chi connectivity index (χ0v) is 13.1. The van der Waals surface area contributed by atoms with Crippen molar-refractivity contribution in [2.75, 3.05) is 13.2 Å². The lowest BCUT2D eigenvalue weighted by Gasteiger charge is -2.20. The first-order chi connectivity index (χ1) is 9.86. The highest BCUT2D eigenvalue weighted by molar-refractivity contribution is 7.15. The first-order valence-electron chi connectivity index (χ1n) is 7.19. The standard InChI is InChI=1S/C15H20N2OS2/c18-7-2-1-6-17(13-3-4-13)10-14-9-16-15(20-14)12-5-8-19-11-12/h5,8-9,11,13,18H,1-4,6-7,10H2. The maximum Gasteiger partial charge on any atom is 0.124 e. The number of thiazole rings is 1. The Morgan fingerprint density at radius 2 is 2.25 bits per heavy atom.